The maximum atomic E-state index is 12.5. The normalized spacial score (nSPS) is 11.0. The Hall–Kier alpha value is -2.83. The summed E-state index contributed by atoms with van der Waals surface area (Å²) in [4.78, 5) is 12.6. The summed E-state index contributed by atoms with van der Waals surface area (Å²) in [7, 11) is -3.72. The largest absolute Gasteiger partial charge is 0.322 e. The Labute approximate surface area is 163 Å². The second-order valence-electron chi connectivity index (χ2n) is 5.92. The molecule has 138 valence electrons. The molecule has 0 bridgehead atoms. The summed E-state index contributed by atoms with van der Waals surface area (Å²) in [6.07, 6.45) is 0. The summed E-state index contributed by atoms with van der Waals surface area (Å²) >= 11 is 6.07. The van der Waals surface area contributed by atoms with Crippen LogP contribution in [0.5, 0.6) is 0 Å². The van der Waals surface area contributed by atoms with Crippen LogP contribution in [0.25, 0.3) is 0 Å². The first kappa shape index (κ1) is 18.9. The van der Waals surface area contributed by atoms with Crippen LogP contribution in [0, 0.1) is 6.92 Å². The highest BCUT2D eigenvalue weighted by atomic mass is 35.5. The molecule has 0 aromatic heterocycles. The standard InChI is InChI=1S/C20H17ClN2O3S/c1-14-10-11-16(13-19(14)21)22-20(24)15-6-5-7-17(12-15)23-27(25,26)18-8-3-2-4-9-18/h2-13,23H,1H3,(H,22,24). The SMILES string of the molecule is Cc1ccc(NC(=O)c2cccc(NS(=O)(=O)c3ccccc3)c2)cc1Cl. The van der Waals surface area contributed by atoms with E-state index >= 15 is 0 Å². The average Bonchev–Trinajstić information content (AvgIpc) is 2.65. The molecule has 0 aliphatic carbocycles. The maximum absolute atomic E-state index is 12.5. The highest BCUT2D eigenvalue weighted by molar-refractivity contribution is 7.92. The first-order valence-electron chi connectivity index (χ1n) is 8.10. The Morgan fingerprint density at radius 2 is 1.63 bits per heavy atom. The van der Waals surface area contributed by atoms with Gasteiger partial charge in [0, 0.05) is 22.0 Å². The van der Waals surface area contributed by atoms with Gasteiger partial charge in [-0.3, -0.25) is 9.52 Å². The van der Waals surface area contributed by atoms with Crippen LogP contribution in [0.3, 0.4) is 0 Å². The van der Waals surface area contributed by atoms with Crippen LogP contribution in [-0.4, -0.2) is 14.3 Å². The molecule has 0 saturated heterocycles. The Morgan fingerprint density at radius 3 is 2.33 bits per heavy atom. The predicted octanol–water partition coefficient (Wildman–Crippen LogP) is 4.70. The summed E-state index contributed by atoms with van der Waals surface area (Å²) in [6.45, 7) is 1.87. The summed E-state index contributed by atoms with van der Waals surface area (Å²) in [5, 5.41) is 3.30. The predicted molar refractivity (Wildman–Crippen MR) is 108 cm³/mol. The van der Waals surface area contributed by atoms with Crippen molar-refractivity contribution in [1.29, 1.82) is 0 Å². The van der Waals surface area contributed by atoms with Crippen LogP contribution in [0.2, 0.25) is 5.02 Å². The molecule has 0 aliphatic heterocycles. The van der Waals surface area contributed by atoms with Gasteiger partial charge in [0.2, 0.25) is 0 Å². The number of hydrogen-bond donors (Lipinski definition) is 2. The molecule has 5 nitrogen and oxygen atoms in total. The summed E-state index contributed by atoms with van der Waals surface area (Å²) < 4.78 is 27.3. The minimum absolute atomic E-state index is 0.147. The number of halogens is 1. The van der Waals surface area contributed by atoms with Crippen molar-refractivity contribution in [3.63, 3.8) is 0 Å². The number of carbonyl (C=O) groups is 1. The van der Waals surface area contributed by atoms with E-state index in [4.69, 9.17) is 11.6 Å². The minimum Gasteiger partial charge on any atom is -0.322 e. The third-order valence-electron chi connectivity index (χ3n) is 3.86. The van der Waals surface area contributed by atoms with Crippen molar-refractivity contribution < 1.29 is 13.2 Å². The van der Waals surface area contributed by atoms with E-state index in [2.05, 4.69) is 10.0 Å². The van der Waals surface area contributed by atoms with Crippen LogP contribution in [0.15, 0.2) is 77.7 Å². The van der Waals surface area contributed by atoms with E-state index in [1.54, 1.807) is 48.5 Å². The van der Waals surface area contributed by atoms with Gasteiger partial charge < -0.3 is 5.32 Å². The number of benzene rings is 3. The monoisotopic (exact) mass is 400 g/mol. The fraction of sp³-hybridized carbons (Fsp3) is 0.0500. The Balaban J connectivity index is 1.79. The van der Waals surface area contributed by atoms with E-state index in [1.165, 1.54) is 18.2 Å². The van der Waals surface area contributed by atoms with Gasteiger partial charge in [0.15, 0.2) is 0 Å². The number of sulfonamides is 1. The quantitative estimate of drug-likeness (QED) is 0.651. The van der Waals surface area contributed by atoms with Gasteiger partial charge >= 0.3 is 0 Å². The lowest BCUT2D eigenvalue weighted by atomic mass is 10.1. The van der Waals surface area contributed by atoms with E-state index in [1.807, 2.05) is 13.0 Å². The van der Waals surface area contributed by atoms with Crippen molar-refractivity contribution in [1.82, 2.24) is 0 Å². The third-order valence-corrected chi connectivity index (χ3v) is 5.66. The van der Waals surface area contributed by atoms with Gasteiger partial charge in [0.1, 0.15) is 0 Å². The fourth-order valence-corrected chi connectivity index (χ4v) is 3.66. The van der Waals surface area contributed by atoms with Gasteiger partial charge in [-0.1, -0.05) is 41.9 Å². The minimum atomic E-state index is -3.72. The maximum Gasteiger partial charge on any atom is 0.261 e. The van der Waals surface area contributed by atoms with Gasteiger partial charge in [0.25, 0.3) is 15.9 Å². The number of amides is 1. The van der Waals surface area contributed by atoms with Gasteiger partial charge in [0.05, 0.1) is 4.90 Å². The van der Waals surface area contributed by atoms with Crippen LogP contribution >= 0.6 is 11.6 Å². The number of carbonyl (C=O) groups excluding carboxylic acids is 1. The molecular weight excluding hydrogens is 384 g/mol. The van der Waals surface area contributed by atoms with Crippen molar-refractivity contribution >= 4 is 38.9 Å². The molecule has 3 aromatic carbocycles. The molecule has 0 radical (unpaired) electrons. The molecule has 7 heteroatoms. The first-order chi connectivity index (χ1) is 12.8. The first-order valence-corrected chi connectivity index (χ1v) is 9.97. The summed E-state index contributed by atoms with van der Waals surface area (Å²) in [5.41, 5.74) is 2.09. The number of hydrogen-bond acceptors (Lipinski definition) is 3. The second-order valence-corrected chi connectivity index (χ2v) is 8.01. The van der Waals surface area contributed by atoms with Gasteiger partial charge in [-0.05, 0) is 55.0 Å². The molecule has 3 aromatic rings. The highest BCUT2D eigenvalue weighted by Crippen LogP contribution is 2.21. The molecule has 0 heterocycles. The molecule has 0 aliphatic rings. The van der Waals surface area contributed by atoms with Crippen LogP contribution < -0.4 is 10.0 Å². The Bertz CT molecular complexity index is 1080. The fourth-order valence-electron chi connectivity index (χ4n) is 2.41. The van der Waals surface area contributed by atoms with E-state index in [-0.39, 0.29) is 10.8 Å². The molecule has 3 rings (SSSR count). The Kier molecular flexibility index (Phi) is 5.48. The van der Waals surface area contributed by atoms with Gasteiger partial charge in [-0.25, -0.2) is 8.42 Å². The molecule has 0 atom stereocenters. The third kappa shape index (κ3) is 4.67. The van der Waals surface area contributed by atoms with Crippen molar-refractivity contribution in [2.75, 3.05) is 10.0 Å². The zero-order chi connectivity index (χ0) is 19.4. The summed E-state index contributed by atoms with van der Waals surface area (Å²) in [6, 6.07) is 19.5. The van der Waals surface area contributed by atoms with Crippen molar-refractivity contribution in [2.24, 2.45) is 0 Å². The number of rotatable bonds is 5. The Morgan fingerprint density at radius 1 is 0.889 bits per heavy atom. The van der Waals surface area contributed by atoms with Crippen molar-refractivity contribution in [3.8, 4) is 0 Å². The van der Waals surface area contributed by atoms with E-state index in [0.29, 0.717) is 22.0 Å². The molecule has 0 spiro atoms. The van der Waals surface area contributed by atoms with Crippen LogP contribution in [0.4, 0.5) is 11.4 Å². The van der Waals surface area contributed by atoms with Crippen LogP contribution in [-0.2, 0) is 10.0 Å². The van der Waals surface area contributed by atoms with E-state index in [0.717, 1.165) is 5.56 Å². The zero-order valence-corrected chi connectivity index (χ0v) is 16.0. The average molecular weight is 401 g/mol. The van der Waals surface area contributed by atoms with Gasteiger partial charge in [-0.2, -0.15) is 0 Å². The second kappa shape index (κ2) is 7.82. The molecule has 1 amide bonds. The van der Waals surface area contributed by atoms with E-state index < -0.39 is 10.0 Å². The topological polar surface area (TPSA) is 75.3 Å². The zero-order valence-electron chi connectivity index (χ0n) is 14.4. The molecule has 0 unspecified atom stereocenters. The lowest BCUT2D eigenvalue weighted by molar-refractivity contribution is 0.102. The number of anilines is 2. The molecular formula is C20H17ClN2O3S. The van der Waals surface area contributed by atoms with Crippen LogP contribution in [0.1, 0.15) is 15.9 Å². The van der Waals surface area contributed by atoms with Crippen molar-refractivity contribution in [3.05, 3.63) is 88.9 Å². The number of nitrogens with one attached hydrogen (secondary N) is 2. The molecule has 27 heavy (non-hydrogen) atoms. The highest BCUT2D eigenvalue weighted by Gasteiger charge is 2.15. The molecule has 0 fully saturated rings. The molecule has 2 N–H and O–H groups in total. The van der Waals surface area contributed by atoms with E-state index in [9.17, 15) is 13.2 Å². The van der Waals surface area contributed by atoms with Gasteiger partial charge in [-0.15, -0.1) is 0 Å². The number of aryl methyl sites for hydroxylation is 1. The lowest BCUT2D eigenvalue weighted by Gasteiger charge is -2.10. The lowest BCUT2D eigenvalue weighted by Crippen LogP contribution is -2.15. The smallest absolute Gasteiger partial charge is 0.261 e. The van der Waals surface area contributed by atoms with Crippen molar-refractivity contribution in [2.45, 2.75) is 11.8 Å². The summed E-state index contributed by atoms with van der Waals surface area (Å²) in [5.74, 6) is -0.365. The molecule has 0 saturated carbocycles.